The van der Waals surface area contributed by atoms with Gasteiger partial charge in [0.05, 0.1) is 0 Å². The molecular weight excluding hydrogens is 246 g/mol. The molecule has 1 aromatic rings. The molecule has 0 aliphatic carbocycles. The molecule has 1 fully saturated rings. The van der Waals surface area contributed by atoms with Crippen LogP contribution in [0.15, 0.2) is 30.3 Å². The maximum absolute atomic E-state index is 5.89. The topological polar surface area (TPSA) is 21.3 Å². The van der Waals surface area contributed by atoms with Crippen molar-refractivity contribution in [1.82, 2.24) is 5.32 Å². The van der Waals surface area contributed by atoms with Crippen LogP contribution in [0.1, 0.15) is 52.0 Å². The van der Waals surface area contributed by atoms with E-state index in [1.165, 1.54) is 30.4 Å². The summed E-state index contributed by atoms with van der Waals surface area (Å²) in [6, 6.07) is 9.86. The minimum absolute atomic E-state index is 0.132. The first-order valence-corrected chi connectivity index (χ1v) is 7.76. The summed E-state index contributed by atoms with van der Waals surface area (Å²) in [5.74, 6) is 0.955. The predicted molar refractivity (Wildman–Crippen MR) is 84.0 cm³/mol. The van der Waals surface area contributed by atoms with Gasteiger partial charge in [0.2, 0.25) is 0 Å². The van der Waals surface area contributed by atoms with Gasteiger partial charge in [-0.1, -0.05) is 24.6 Å². The highest BCUT2D eigenvalue weighted by Crippen LogP contribution is 2.31. The van der Waals surface area contributed by atoms with Gasteiger partial charge >= 0.3 is 0 Å². The first-order chi connectivity index (χ1) is 9.49. The molecule has 0 spiro atoms. The molecular formula is C18H25NO. The largest absolute Gasteiger partial charge is 0.488 e. The molecule has 2 heteroatoms. The molecule has 1 N–H and O–H groups in total. The normalized spacial score (nSPS) is 26.1. The maximum Gasteiger partial charge on any atom is 0.120 e. The Morgan fingerprint density at radius 1 is 1.10 bits per heavy atom. The van der Waals surface area contributed by atoms with Crippen LogP contribution in [0.2, 0.25) is 0 Å². The Morgan fingerprint density at radius 3 is 2.50 bits per heavy atom. The number of nitrogens with one attached hydrogen (secondary N) is 1. The third-order valence-corrected chi connectivity index (χ3v) is 4.04. The lowest BCUT2D eigenvalue weighted by molar-refractivity contribution is 0.131. The zero-order chi connectivity index (χ0) is 14.2. The third-order valence-electron chi connectivity index (χ3n) is 4.04. The van der Waals surface area contributed by atoms with Crippen LogP contribution < -0.4 is 10.1 Å². The summed E-state index contributed by atoms with van der Waals surface area (Å²) < 4.78 is 5.89. The summed E-state index contributed by atoms with van der Waals surface area (Å²) in [7, 11) is 0. The van der Waals surface area contributed by atoms with Crippen molar-refractivity contribution < 1.29 is 4.74 Å². The van der Waals surface area contributed by atoms with Crippen LogP contribution in [0.3, 0.4) is 0 Å². The molecule has 2 heterocycles. The maximum atomic E-state index is 5.89. The zero-order valence-electron chi connectivity index (χ0n) is 12.8. The number of hydrogen-bond acceptors (Lipinski definition) is 2. The van der Waals surface area contributed by atoms with Gasteiger partial charge in [-0.05, 0) is 63.3 Å². The van der Waals surface area contributed by atoms with Crippen LogP contribution in [-0.4, -0.2) is 17.7 Å². The summed E-state index contributed by atoms with van der Waals surface area (Å²) in [6.07, 6.45) is 7.56. The van der Waals surface area contributed by atoms with Gasteiger partial charge in [-0.2, -0.15) is 0 Å². The molecule has 1 aromatic carbocycles. The smallest absolute Gasteiger partial charge is 0.120 e. The highest BCUT2D eigenvalue weighted by Gasteiger charge is 2.25. The quantitative estimate of drug-likeness (QED) is 0.872. The molecule has 0 saturated carbocycles. The van der Waals surface area contributed by atoms with E-state index in [9.17, 15) is 0 Å². The molecule has 2 unspecified atom stereocenters. The first-order valence-electron chi connectivity index (χ1n) is 7.76. The van der Waals surface area contributed by atoms with Gasteiger partial charge in [-0.15, -0.1) is 0 Å². The second-order valence-corrected chi connectivity index (χ2v) is 7.04. The van der Waals surface area contributed by atoms with Gasteiger partial charge in [0.15, 0.2) is 0 Å². The molecule has 2 aliphatic rings. The van der Waals surface area contributed by atoms with E-state index < -0.39 is 0 Å². The minimum atomic E-state index is -0.132. The van der Waals surface area contributed by atoms with E-state index in [2.05, 4.69) is 56.4 Å². The Bertz CT molecular complexity index is 495. The summed E-state index contributed by atoms with van der Waals surface area (Å²) in [6.45, 7) is 6.24. The van der Waals surface area contributed by atoms with Crippen LogP contribution in [0.4, 0.5) is 0 Å². The van der Waals surface area contributed by atoms with Crippen molar-refractivity contribution in [2.45, 2.75) is 64.1 Å². The Hall–Kier alpha value is -1.28. The molecule has 0 amide bonds. The van der Waals surface area contributed by atoms with Crippen LogP contribution in [0.5, 0.6) is 5.75 Å². The summed E-state index contributed by atoms with van der Waals surface area (Å²) >= 11 is 0. The van der Waals surface area contributed by atoms with E-state index in [0.29, 0.717) is 12.1 Å². The lowest BCUT2D eigenvalue weighted by Crippen LogP contribution is -2.44. The molecule has 20 heavy (non-hydrogen) atoms. The zero-order valence-corrected chi connectivity index (χ0v) is 12.8. The number of hydrogen-bond donors (Lipinski definition) is 1. The van der Waals surface area contributed by atoms with Crippen molar-refractivity contribution in [1.29, 1.82) is 0 Å². The predicted octanol–water partition coefficient (Wildman–Crippen LogP) is 4.16. The summed E-state index contributed by atoms with van der Waals surface area (Å²) in [5.41, 5.74) is 2.72. The van der Waals surface area contributed by atoms with E-state index in [-0.39, 0.29) is 5.60 Å². The number of benzene rings is 1. The van der Waals surface area contributed by atoms with E-state index in [1.54, 1.807) is 0 Å². The van der Waals surface area contributed by atoms with E-state index in [1.807, 2.05) is 0 Å². The van der Waals surface area contributed by atoms with Gasteiger partial charge in [0, 0.05) is 12.1 Å². The molecule has 108 valence electrons. The fourth-order valence-corrected chi connectivity index (χ4v) is 3.23. The molecule has 1 saturated heterocycles. The molecule has 2 aliphatic heterocycles. The van der Waals surface area contributed by atoms with Gasteiger partial charge in [0.1, 0.15) is 11.4 Å². The van der Waals surface area contributed by atoms with Crippen LogP contribution in [0, 0.1) is 0 Å². The number of ether oxygens (including phenoxy) is 1. The molecule has 0 radical (unpaired) electrons. The van der Waals surface area contributed by atoms with Crippen molar-refractivity contribution >= 4 is 5.57 Å². The van der Waals surface area contributed by atoms with Gasteiger partial charge in [-0.3, -0.25) is 0 Å². The van der Waals surface area contributed by atoms with Gasteiger partial charge in [0.25, 0.3) is 0 Å². The van der Waals surface area contributed by atoms with E-state index >= 15 is 0 Å². The second-order valence-electron chi connectivity index (χ2n) is 7.04. The standard InChI is InChI=1S/C18H25NO/c1-18(2,3)20-17-9-7-13(8-10-17)14-11-15-5-4-6-16(12-14)19-15/h7-11,15-16,19H,4-6,12H2,1-3H3. The summed E-state index contributed by atoms with van der Waals surface area (Å²) in [5, 5.41) is 3.69. The molecule has 0 aromatic heterocycles. The Labute approximate surface area is 122 Å². The molecule has 2 atom stereocenters. The van der Waals surface area contributed by atoms with Crippen LogP contribution >= 0.6 is 0 Å². The highest BCUT2D eigenvalue weighted by atomic mass is 16.5. The fourth-order valence-electron chi connectivity index (χ4n) is 3.23. The number of fused-ring (bicyclic) bond motifs is 2. The summed E-state index contributed by atoms with van der Waals surface area (Å²) in [4.78, 5) is 0. The average molecular weight is 271 g/mol. The van der Waals surface area contributed by atoms with Crippen molar-refractivity contribution in [2.75, 3.05) is 0 Å². The van der Waals surface area contributed by atoms with Crippen molar-refractivity contribution in [3.05, 3.63) is 35.9 Å². The number of piperidine rings is 1. The molecule has 2 nitrogen and oxygen atoms in total. The van der Waals surface area contributed by atoms with Gasteiger partial charge < -0.3 is 10.1 Å². The minimum Gasteiger partial charge on any atom is -0.488 e. The van der Waals surface area contributed by atoms with E-state index in [4.69, 9.17) is 4.74 Å². The molecule has 3 rings (SSSR count). The van der Waals surface area contributed by atoms with Crippen molar-refractivity contribution in [2.24, 2.45) is 0 Å². The second kappa shape index (κ2) is 5.25. The van der Waals surface area contributed by atoms with Crippen molar-refractivity contribution in [3.8, 4) is 5.75 Å². The molecule has 2 bridgehead atoms. The van der Waals surface area contributed by atoms with Gasteiger partial charge in [-0.25, -0.2) is 0 Å². The van der Waals surface area contributed by atoms with Crippen LogP contribution in [0.25, 0.3) is 5.57 Å². The SMILES string of the molecule is CC(C)(C)Oc1ccc(C2=CC3CCCC(C2)N3)cc1. The highest BCUT2D eigenvalue weighted by molar-refractivity contribution is 5.68. The lowest BCUT2D eigenvalue weighted by Gasteiger charge is -2.35. The monoisotopic (exact) mass is 271 g/mol. The third kappa shape index (κ3) is 3.24. The van der Waals surface area contributed by atoms with Crippen LogP contribution in [-0.2, 0) is 0 Å². The Balaban J connectivity index is 1.76. The average Bonchev–Trinajstić information content (AvgIpc) is 2.37. The van der Waals surface area contributed by atoms with E-state index in [0.717, 1.165) is 12.2 Å². The fraction of sp³-hybridized carbons (Fsp3) is 0.556. The number of rotatable bonds is 2. The lowest BCUT2D eigenvalue weighted by atomic mass is 9.85. The Kier molecular flexibility index (Phi) is 3.59. The first kappa shape index (κ1) is 13.7. The Morgan fingerprint density at radius 2 is 1.85 bits per heavy atom. The van der Waals surface area contributed by atoms with Crippen molar-refractivity contribution in [3.63, 3.8) is 0 Å².